The van der Waals surface area contributed by atoms with Gasteiger partial charge >= 0.3 is 6.03 Å². The van der Waals surface area contributed by atoms with Gasteiger partial charge in [-0.15, -0.1) is 0 Å². The number of benzene rings is 1. The predicted octanol–water partition coefficient (Wildman–Crippen LogP) is 3.06. The topological polar surface area (TPSA) is 98.6 Å². The highest BCUT2D eigenvalue weighted by Gasteiger charge is 2.37. The van der Waals surface area contributed by atoms with E-state index < -0.39 is 6.10 Å². The number of piperazine rings is 1. The highest BCUT2D eigenvalue weighted by molar-refractivity contribution is 5.76. The second kappa shape index (κ2) is 9.58. The average molecular weight is 474 g/mol. The molecule has 3 atom stereocenters. The van der Waals surface area contributed by atoms with E-state index in [1.54, 1.807) is 13.1 Å². The summed E-state index contributed by atoms with van der Waals surface area (Å²) < 4.78 is 0. The van der Waals surface area contributed by atoms with Crippen LogP contribution in [0.3, 0.4) is 0 Å². The zero-order valence-corrected chi connectivity index (χ0v) is 20.4. The van der Waals surface area contributed by atoms with Crippen LogP contribution in [0, 0.1) is 0 Å². The monoisotopic (exact) mass is 473 g/mol. The molecule has 1 aromatic carbocycles. The maximum atomic E-state index is 13.6. The summed E-state index contributed by atoms with van der Waals surface area (Å²) in [4.78, 5) is 37.7. The molecule has 3 aromatic rings. The number of amides is 2. The predicted molar refractivity (Wildman–Crippen MR) is 133 cm³/mol. The lowest BCUT2D eigenvalue weighted by molar-refractivity contribution is 0.102. The number of carbonyl (C=O) groups excluding carboxylic acids is 1. The summed E-state index contributed by atoms with van der Waals surface area (Å²) in [5, 5.41) is 9.84. The van der Waals surface area contributed by atoms with Crippen molar-refractivity contribution >= 4 is 11.8 Å². The van der Waals surface area contributed by atoms with Crippen LogP contribution in [0.5, 0.6) is 0 Å². The van der Waals surface area contributed by atoms with Gasteiger partial charge in [0.25, 0.3) is 0 Å². The van der Waals surface area contributed by atoms with E-state index in [0.717, 1.165) is 34.9 Å². The SMILES string of the molecule is C[C@@H]1CN(c2ccnc([C@@H](C)O)n2)C[C@H](C)N1C(=O)N1CCc2nc(-c3ccccc3)ncc2C1. The maximum absolute atomic E-state index is 13.6. The number of carbonyl (C=O) groups is 1. The van der Waals surface area contributed by atoms with E-state index in [0.29, 0.717) is 32.0 Å². The van der Waals surface area contributed by atoms with Crippen LogP contribution in [-0.2, 0) is 13.0 Å². The number of aliphatic hydroxyl groups excluding tert-OH is 1. The summed E-state index contributed by atoms with van der Waals surface area (Å²) in [6, 6.07) is 11.9. The Morgan fingerprint density at radius 1 is 1.06 bits per heavy atom. The molecule has 2 aliphatic heterocycles. The molecule has 0 aliphatic carbocycles. The Morgan fingerprint density at radius 3 is 2.51 bits per heavy atom. The Bertz CT molecular complexity index is 1190. The number of rotatable bonds is 3. The van der Waals surface area contributed by atoms with Gasteiger partial charge in [0.1, 0.15) is 11.9 Å². The van der Waals surface area contributed by atoms with E-state index in [9.17, 15) is 9.90 Å². The lowest BCUT2D eigenvalue weighted by Crippen LogP contribution is -2.62. The van der Waals surface area contributed by atoms with Crippen molar-refractivity contribution in [1.29, 1.82) is 0 Å². The third-order valence-corrected chi connectivity index (χ3v) is 6.73. The Hall–Kier alpha value is -3.59. The Labute approximate surface area is 205 Å². The number of fused-ring (bicyclic) bond motifs is 1. The van der Waals surface area contributed by atoms with Crippen LogP contribution in [0.25, 0.3) is 11.4 Å². The molecule has 9 nitrogen and oxygen atoms in total. The molecule has 2 aromatic heterocycles. The third-order valence-electron chi connectivity index (χ3n) is 6.73. The average Bonchev–Trinajstić information content (AvgIpc) is 2.88. The fourth-order valence-electron chi connectivity index (χ4n) is 5.00. The van der Waals surface area contributed by atoms with Crippen LogP contribution in [-0.4, -0.2) is 72.6 Å². The van der Waals surface area contributed by atoms with Gasteiger partial charge in [0.2, 0.25) is 0 Å². The summed E-state index contributed by atoms with van der Waals surface area (Å²) in [6.07, 6.45) is 3.54. The number of aromatic nitrogens is 4. The molecule has 0 spiro atoms. The van der Waals surface area contributed by atoms with Crippen molar-refractivity contribution < 1.29 is 9.90 Å². The first-order valence-corrected chi connectivity index (χ1v) is 12.1. The lowest BCUT2D eigenvalue weighted by Gasteiger charge is -2.47. The van der Waals surface area contributed by atoms with E-state index in [2.05, 4.69) is 33.7 Å². The number of anilines is 1. The second-order valence-electron chi connectivity index (χ2n) is 9.45. The van der Waals surface area contributed by atoms with Gasteiger partial charge < -0.3 is 19.8 Å². The van der Waals surface area contributed by atoms with Gasteiger partial charge in [-0.3, -0.25) is 0 Å². The smallest absolute Gasteiger partial charge is 0.320 e. The molecular weight excluding hydrogens is 442 g/mol. The van der Waals surface area contributed by atoms with E-state index in [1.165, 1.54) is 0 Å². The van der Waals surface area contributed by atoms with Crippen LogP contribution < -0.4 is 4.90 Å². The molecule has 2 aliphatic rings. The van der Waals surface area contributed by atoms with Gasteiger partial charge in [0.05, 0.1) is 12.2 Å². The molecule has 0 bridgehead atoms. The van der Waals surface area contributed by atoms with Crippen LogP contribution in [0.4, 0.5) is 10.6 Å². The number of hydrogen-bond acceptors (Lipinski definition) is 7. The van der Waals surface area contributed by atoms with Crippen molar-refractivity contribution in [3.8, 4) is 11.4 Å². The summed E-state index contributed by atoms with van der Waals surface area (Å²) in [6.45, 7) is 8.30. The minimum absolute atomic E-state index is 0.00863. The van der Waals surface area contributed by atoms with Gasteiger partial charge in [-0.2, -0.15) is 0 Å². The van der Waals surface area contributed by atoms with Crippen LogP contribution in [0.1, 0.15) is 44.0 Å². The van der Waals surface area contributed by atoms with Gasteiger partial charge in [0.15, 0.2) is 11.6 Å². The Kier molecular flexibility index (Phi) is 6.34. The van der Waals surface area contributed by atoms with Crippen molar-refractivity contribution in [1.82, 2.24) is 29.7 Å². The zero-order chi connectivity index (χ0) is 24.5. The standard InChI is InChI=1S/C26H31N7O2/c1-17-14-32(23-9-11-27-24(30-23)19(3)34)15-18(2)33(17)26(35)31-12-10-22-21(16-31)13-28-25(29-22)20-7-5-4-6-8-20/h4-9,11,13,17-19,34H,10,12,14-16H2,1-3H3/t17-,18+,19-/m1/s1. The van der Waals surface area contributed by atoms with Crippen molar-refractivity contribution in [2.24, 2.45) is 0 Å². The maximum Gasteiger partial charge on any atom is 0.320 e. The number of nitrogens with zero attached hydrogens (tertiary/aromatic N) is 7. The van der Waals surface area contributed by atoms with Gasteiger partial charge in [-0.05, 0) is 26.8 Å². The normalized spacial score (nSPS) is 21.0. The Balaban J connectivity index is 1.28. The first-order chi connectivity index (χ1) is 16.9. The molecule has 35 heavy (non-hydrogen) atoms. The van der Waals surface area contributed by atoms with Crippen LogP contribution in [0.15, 0.2) is 48.8 Å². The van der Waals surface area contributed by atoms with E-state index in [4.69, 9.17) is 4.98 Å². The minimum atomic E-state index is -0.720. The molecular formula is C26H31N7O2. The number of urea groups is 1. The van der Waals surface area contributed by atoms with Crippen molar-refractivity contribution in [3.05, 3.63) is 65.9 Å². The van der Waals surface area contributed by atoms with E-state index in [1.807, 2.05) is 52.4 Å². The van der Waals surface area contributed by atoms with Gasteiger partial charge in [-0.25, -0.2) is 24.7 Å². The zero-order valence-electron chi connectivity index (χ0n) is 20.4. The number of hydrogen-bond donors (Lipinski definition) is 1. The molecule has 5 rings (SSSR count). The minimum Gasteiger partial charge on any atom is -0.385 e. The highest BCUT2D eigenvalue weighted by Crippen LogP contribution is 2.26. The molecule has 0 unspecified atom stereocenters. The summed E-state index contributed by atoms with van der Waals surface area (Å²) in [7, 11) is 0. The molecule has 9 heteroatoms. The van der Waals surface area contributed by atoms with E-state index in [-0.39, 0.29) is 18.1 Å². The van der Waals surface area contributed by atoms with Crippen LogP contribution in [0.2, 0.25) is 0 Å². The molecule has 1 saturated heterocycles. The quantitative estimate of drug-likeness (QED) is 0.624. The lowest BCUT2D eigenvalue weighted by atomic mass is 10.1. The molecule has 0 radical (unpaired) electrons. The fourth-order valence-corrected chi connectivity index (χ4v) is 5.00. The third kappa shape index (κ3) is 4.68. The van der Waals surface area contributed by atoms with Gasteiger partial charge in [0, 0.05) is 61.7 Å². The largest absolute Gasteiger partial charge is 0.385 e. The second-order valence-corrected chi connectivity index (χ2v) is 9.45. The molecule has 1 fully saturated rings. The summed E-state index contributed by atoms with van der Waals surface area (Å²) >= 11 is 0. The molecule has 182 valence electrons. The highest BCUT2D eigenvalue weighted by atomic mass is 16.3. The molecule has 1 N–H and O–H groups in total. The van der Waals surface area contributed by atoms with Gasteiger partial charge in [-0.1, -0.05) is 30.3 Å². The first-order valence-electron chi connectivity index (χ1n) is 12.1. The summed E-state index contributed by atoms with van der Waals surface area (Å²) in [5.41, 5.74) is 3.03. The van der Waals surface area contributed by atoms with E-state index >= 15 is 0 Å². The van der Waals surface area contributed by atoms with Crippen molar-refractivity contribution in [2.75, 3.05) is 24.5 Å². The van der Waals surface area contributed by atoms with Crippen molar-refractivity contribution in [3.63, 3.8) is 0 Å². The van der Waals surface area contributed by atoms with Crippen molar-refractivity contribution in [2.45, 2.75) is 51.9 Å². The molecule has 0 saturated carbocycles. The number of aliphatic hydroxyl groups is 1. The first kappa shape index (κ1) is 23.2. The molecule has 2 amide bonds. The molecule has 4 heterocycles. The summed E-state index contributed by atoms with van der Waals surface area (Å²) in [5.74, 6) is 1.91. The van der Waals surface area contributed by atoms with Crippen LogP contribution >= 0.6 is 0 Å². The Morgan fingerprint density at radius 2 is 1.80 bits per heavy atom. The fraction of sp³-hybridized carbons (Fsp3) is 0.423.